The van der Waals surface area contributed by atoms with Gasteiger partial charge < -0.3 is 14.8 Å². The summed E-state index contributed by atoms with van der Waals surface area (Å²) >= 11 is 1.49. The van der Waals surface area contributed by atoms with Crippen molar-refractivity contribution in [2.45, 2.75) is 20.0 Å². The predicted molar refractivity (Wildman–Crippen MR) is 118 cm³/mol. The number of fused-ring (bicyclic) bond motifs is 2. The third-order valence-corrected chi connectivity index (χ3v) is 6.44. The SMILES string of the molecule is Cc1c(-c2ccccc2)sc2ncn(CC(=O)NCc3ccc4c(c3)OCO4)c(=O)c12. The first kappa shape index (κ1) is 19.3. The number of hydrogen-bond acceptors (Lipinski definition) is 6. The zero-order chi connectivity index (χ0) is 21.4. The highest BCUT2D eigenvalue weighted by Gasteiger charge is 2.17. The number of carbonyl (C=O) groups is 1. The molecule has 31 heavy (non-hydrogen) atoms. The Labute approximate surface area is 181 Å². The highest BCUT2D eigenvalue weighted by Crippen LogP contribution is 2.35. The standard InChI is InChI=1S/C23H19N3O4S/c1-14-20-22(31-21(14)16-5-3-2-4-6-16)25-12-26(23(20)28)11-19(27)24-10-15-7-8-17-18(9-15)30-13-29-17/h2-9,12H,10-11,13H2,1H3,(H,24,27). The molecule has 0 fully saturated rings. The van der Waals surface area contributed by atoms with E-state index in [4.69, 9.17) is 9.47 Å². The molecule has 2 aromatic heterocycles. The Bertz CT molecular complexity index is 1340. The summed E-state index contributed by atoms with van der Waals surface area (Å²) < 4.78 is 12.0. The van der Waals surface area contributed by atoms with Gasteiger partial charge in [-0.1, -0.05) is 36.4 Å². The Balaban J connectivity index is 1.34. The van der Waals surface area contributed by atoms with Gasteiger partial charge in [-0.3, -0.25) is 14.2 Å². The van der Waals surface area contributed by atoms with Crippen molar-refractivity contribution < 1.29 is 14.3 Å². The van der Waals surface area contributed by atoms with Crippen LogP contribution in [-0.2, 0) is 17.9 Å². The van der Waals surface area contributed by atoms with E-state index in [1.807, 2.05) is 55.5 Å². The quantitative estimate of drug-likeness (QED) is 0.521. The monoisotopic (exact) mass is 433 g/mol. The van der Waals surface area contributed by atoms with Crippen LogP contribution in [0.2, 0.25) is 0 Å². The van der Waals surface area contributed by atoms with Crippen molar-refractivity contribution in [1.82, 2.24) is 14.9 Å². The van der Waals surface area contributed by atoms with E-state index in [9.17, 15) is 9.59 Å². The van der Waals surface area contributed by atoms with Crippen LogP contribution in [0.5, 0.6) is 11.5 Å². The first-order chi connectivity index (χ1) is 15.1. The number of rotatable bonds is 5. The zero-order valence-electron chi connectivity index (χ0n) is 16.8. The molecule has 1 amide bonds. The minimum absolute atomic E-state index is 0.0950. The summed E-state index contributed by atoms with van der Waals surface area (Å²) in [5.41, 5.74) is 2.62. The van der Waals surface area contributed by atoms with Crippen molar-refractivity contribution in [2.75, 3.05) is 6.79 Å². The van der Waals surface area contributed by atoms with Gasteiger partial charge in [0.1, 0.15) is 11.4 Å². The van der Waals surface area contributed by atoms with E-state index in [1.165, 1.54) is 22.2 Å². The van der Waals surface area contributed by atoms with Crippen LogP contribution in [0.4, 0.5) is 0 Å². The average molecular weight is 433 g/mol. The number of benzene rings is 2. The van der Waals surface area contributed by atoms with Gasteiger partial charge in [-0.25, -0.2) is 4.98 Å². The molecule has 1 aliphatic rings. The van der Waals surface area contributed by atoms with Crippen LogP contribution in [0, 0.1) is 6.92 Å². The molecule has 7 nitrogen and oxygen atoms in total. The van der Waals surface area contributed by atoms with Crippen molar-refractivity contribution in [3.05, 3.63) is 76.3 Å². The summed E-state index contributed by atoms with van der Waals surface area (Å²) in [7, 11) is 0. The van der Waals surface area contributed by atoms with E-state index < -0.39 is 0 Å². The molecular formula is C23H19N3O4S. The van der Waals surface area contributed by atoms with Crippen molar-refractivity contribution in [3.63, 3.8) is 0 Å². The lowest BCUT2D eigenvalue weighted by Crippen LogP contribution is -2.32. The van der Waals surface area contributed by atoms with Crippen LogP contribution < -0.4 is 20.3 Å². The summed E-state index contributed by atoms with van der Waals surface area (Å²) in [5, 5.41) is 3.40. The molecule has 8 heteroatoms. The predicted octanol–water partition coefficient (Wildman–Crippen LogP) is 3.48. The topological polar surface area (TPSA) is 82.5 Å². The van der Waals surface area contributed by atoms with Gasteiger partial charge in [-0.15, -0.1) is 11.3 Å². The maximum absolute atomic E-state index is 13.1. The van der Waals surface area contributed by atoms with E-state index in [-0.39, 0.29) is 24.8 Å². The highest BCUT2D eigenvalue weighted by molar-refractivity contribution is 7.22. The first-order valence-corrected chi connectivity index (χ1v) is 10.6. The molecule has 0 radical (unpaired) electrons. The molecule has 0 saturated carbocycles. The fourth-order valence-electron chi connectivity index (χ4n) is 3.60. The fraction of sp³-hybridized carbons (Fsp3) is 0.174. The molecular weight excluding hydrogens is 414 g/mol. The second kappa shape index (κ2) is 7.88. The maximum atomic E-state index is 13.1. The summed E-state index contributed by atoms with van der Waals surface area (Å²) in [6.45, 7) is 2.36. The Kier molecular flexibility index (Phi) is 4.91. The van der Waals surface area contributed by atoms with Crippen molar-refractivity contribution in [2.24, 2.45) is 0 Å². The molecule has 156 valence electrons. The number of ether oxygens (including phenoxy) is 2. The first-order valence-electron chi connectivity index (χ1n) is 9.79. The van der Waals surface area contributed by atoms with Crippen LogP contribution in [0.25, 0.3) is 20.7 Å². The van der Waals surface area contributed by atoms with Crippen LogP contribution >= 0.6 is 11.3 Å². The Morgan fingerprint density at radius 2 is 1.97 bits per heavy atom. The number of aryl methyl sites for hydroxylation is 1. The molecule has 4 aromatic rings. The number of nitrogens with zero attached hydrogens (tertiary/aromatic N) is 2. The molecule has 1 aliphatic heterocycles. The Hall–Kier alpha value is -3.65. The van der Waals surface area contributed by atoms with Gasteiger partial charge >= 0.3 is 0 Å². The fourth-order valence-corrected chi connectivity index (χ4v) is 4.74. The Morgan fingerprint density at radius 1 is 1.16 bits per heavy atom. The van der Waals surface area contributed by atoms with Gasteiger partial charge in [0.2, 0.25) is 12.7 Å². The van der Waals surface area contributed by atoms with Crippen LogP contribution in [0.15, 0.2) is 59.7 Å². The van der Waals surface area contributed by atoms with Gasteiger partial charge in [0, 0.05) is 11.4 Å². The number of thiophene rings is 1. The van der Waals surface area contributed by atoms with E-state index in [2.05, 4.69) is 10.3 Å². The number of aromatic nitrogens is 2. The molecule has 1 N–H and O–H groups in total. The summed E-state index contributed by atoms with van der Waals surface area (Å²) in [6.07, 6.45) is 1.44. The summed E-state index contributed by atoms with van der Waals surface area (Å²) in [4.78, 5) is 31.6. The lowest BCUT2D eigenvalue weighted by atomic mass is 10.1. The number of carbonyl (C=O) groups excluding carboxylic acids is 1. The largest absolute Gasteiger partial charge is 0.454 e. The van der Waals surface area contributed by atoms with Gasteiger partial charge in [0.25, 0.3) is 5.56 Å². The molecule has 0 bridgehead atoms. The van der Waals surface area contributed by atoms with Gasteiger partial charge in [-0.2, -0.15) is 0 Å². The van der Waals surface area contributed by atoms with Crippen molar-refractivity contribution in [3.8, 4) is 21.9 Å². The third kappa shape index (κ3) is 3.66. The smallest absolute Gasteiger partial charge is 0.262 e. The third-order valence-electron chi connectivity index (χ3n) is 5.19. The van der Waals surface area contributed by atoms with E-state index in [0.717, 1.165) is 21.6 Å². The van der Waals surface area contributed by atoms with Crippen LogP contribution in [-0.4, -0.2) is 22.3 Å². The van der Waals surface area contributed by atoms with Crippen molar-refractivity contribution in [1.29, 1.82) is 0 Å². The minimum atomic E-state index is -0.267. The molecule has 2 aromatic carbocycles. The molecule has 0 aliphatic carbocycles. The average Bonchev–Trinajstić information content (AvgIpc) is 3.39. The maximum Gasteiger partial charge on any atom is 0.262 e. The summed E-state index contributed by atoms with van der Waals surface area (Å²) in [6, 6.07) is 15.4. The lowest BCUT2D eigenvalue weighted by molar-refractivity contribution is -0.121. The molecule has 0 saturated heterocycles. The molecule has 0 unspecified atom stereocenters. The summed E-state index contributed by atoms with van der Waals surface area (Å²) in [5.74, 6) is 1.10. The van der Waals surface area contributed by atoms with E-state index in [0.29, 0.717) is 28.3 Å². The van der Waals surface area contributed by atoms with Gasteiger partial charge in [0.15, 0.2) is 11.5 Å². The lowest BCUT2D eigenvalue weighted by Gasteiger charge is -2.08. The normalized spacial score (nSPS) is 12.3. The van der Waals surface area contributed by atoms with E-state index in [1.54, 1.807) is 0 Å². The Morgan fingerprint density at radius 3 is 2.81 bits per heavy atom. The molecule has 3 heterocycles. The second-order valence-corrected chi connectivity index (χ2v) is 8.24. The van der Waals surface area contributed by atoms with Gasteiger partial charge in [0.05, 0.1) is 11.7 Å². The highest BCUT2D eigenvalue weighted by atomic mass is 32.1. The van der Waals surface area contributed by atoms with Crippen LogP contribution in [0.1, 0.15) is 11.1 Å². The van der Waals surface area contributed by atoms with Crippen molar-refractivity contribution >= 4 is 27.5 Å². The minimum Gasteiger partial charge on any atom is -0.454 e. The zero-order valence-corrected chi connectivity index (χ0v) is 17.6. The van der Waals surface area contributed by atoms with Gasteiger partial charge in [-0.05, 0) is 35.7 Å². The van der Waals surface area contributed by atoms with E-state index >= 15 is 0 Å². The molecule has 0 spiro atoms. The number of nitrogens with one attached hydrogen (secondary N) is 1. The molecule has 0 atom stereocenters. The number of hydrogen-bond donors (Lipinski definition) is 1. The molecule has 5 rings (SSSR count). The second-order valence-electron chi connectivity index (χ2n) is 7.24. The number of amides is 1. The van der Waals surface area contributed by atoms with Crippen LogP contribution in [0.3, 0.4) is 0 Å².